The van der Waals surface area contributed by atoms with E-state index in [1.165, 1.54) is 7.11 Å². The van der Waals surface area contributed by atoms with Crippen molar-refractivity contribution in [1.82, 2.24) is 0 Å². The first-order chi connectivity index (χ1) is 7.24. The monoisotopic (exact) mass is 207 g/mol. The van der Waals surface area contributed by atoms with Gasteiger partial charge in [0.05, 0.1) is 7.11 Å². The number of carbonyl (C=O) groups excluding carboxylic acids is 1. The quantitative estimate of drug-likeness (QED) is 0.751. The van der Waals surface area contributed by atoms with Crippen LogP contribution in [0.2, 0.25) is 0 Å². The van der Waals surface area contributed by atoms with Crippen LogP contribution in [0.15, 0.2) is 30.3 Å². The summed E-state index contributed by atoms with van der Waals surface area (Å²) in [5.74, 6) is -0.171. The van der Waals surface area contributed by atoms with Crippen molar-refractivity contribution >= 4 is 5.97 Å². The van der Waals surface area contributed by atoms with E-state index in [-0.39, 0.29) is 12.0 Å². The van der Waals surface area contributed by atoms with Crippen LogP contribution in [0.25, 0.3) is 0 Å². The fourth-order valence-electron chi connectivity index (χ4n) is 1.44. The van der Waals surface area contributed by atoms with Crippen LogP contribution in [-0.2, 0) is 9.53 Å². The summed E-state index contributed by atoms with van der Waals surface area (Å²) in [6, 6.07) is 9.91. The highest BCUT2D eigenvalue weighted by molar-refractivity contribution is 5.68. The van der Waals surface area contributed by atoms with Crippen LogP contribution in [0, 0.1) is 0 Å². The Morgan fingerprint density at radius 2 is 2.07 bits per heavy atom. The molecule has 0 fully saturated rings. The smallest absolute Gasteiger partial charge is 0.305 e. The molecule has 0 saturated carbocycles. The molecule has 0 aliphatic rings. The van der Waals surface area contributed by atoms with Crippen molar-refractivity contribution in [3.63, 3.8) is 0 Å². The maximum absolute atomic E-state index is 10.9. The van der Waals surface area contributed by atoms with Gasteiger partial charge in [-0.2, -0.15) is 0 Å². The van der Waals surface area contributed by atoms with Crippen LogP contribution >= 0.6 is 0 Å². The molecule has 3 nitrogen and oxygen atoms in total. The number of rotatable bonds is 5. The first-order valence-corrected chi connectivity index (χ1v) is 5.11. The van der Waals surface area contributed by atoms with Gasteiger partial charge in [-0.05, 0) is 18.4 Å². The largest absolute Gasteiger partial charge is 0.469 e. The minimum Gasteiger partial charge on any atom is -0.469 e. The van der Waals surface area contributed by atoms with Gasteiger partial charge >= 0.3 is 5.97 Å². The fraction of sp³-hybridized carbons (Fsp3) is 0.417. The first kappa shape index (κ1) is 11.7. The maximum atomic E-state index is 10.9. The summed E-state index contributed by atoms with van der Waals surface area (Å²) < 4.78 is 4.56. The number of hydrogen-bond acceptors (Lipinski definition) is 3. The van der Waals surface area contributed by atoms with E-state index < -0.39 is 0 Å². The van der Waals surface area contributed by atoms with Crippen LogP contribution in [-0.4, -0.2) is 13.1 Å². The molecule has 1 atom stereocenters. The zero-order valence-electron chi connectivity index (χ0n) is 8.98. The molecule has 0 unspecified atom stereocenters. The van der Waals surface area contributed by atoms with Gasteiger partial charge in [-0.1, -0.05) is 30.3 Å². The Hall–Kier alpha value is -1.35. The lowest BCUT2D eigenvalue weighted by Crippen LogP contribution is -2.11. The molecule has 1 aromatic carbocycles. The number of ether oxygens (including phenoxy) is 1. The predicted molar refractivity (Wildman–Crippen MR) is 59.2 cm³/mol. The molecule has 0 heterocycles. The summed E-state index contributed by atoms with van der Waals surface area (Å²) in [6.45, 7) is 0. The number of nitrogens with two attached hydrogens (primary N) is 1. The van der Waals surface area contributed by atoms with E-state index in [0.717, 1.165) is 18.4 Å². The molecule has 0 spiro atoms. The lowest BCUT2D eigenvalue weighted by Gasteiger charge is -2.10. The Labute approximate surface area is 90.2 Å². The molecule has 0 amide bonds. The molecule has 1 aromatic rings. The zero-order chi connectivity index (χ0) is 11.1. The van der Waals surface area contributed by atoms with Gasteiger partial charge in [0.1, 0.15) is 0 Å². The average Bonchev–Trinajstić information content (AvgIpc) is 2.29. The van der Waals surface area contributed by atoms with Crippen LogP contribution < -0.4 is 5.73 Å². The molecular weight excluding hydrogens is 190 g/mol. The van der Waals surface area contributed by atoms with Crippen molar-refractivity contribution in [3.05, 3.63) is 35.9 Å². The summed E-state index contributed by atoms with van der Waals surface area (Å²) in [6.07, 6.45) is 2.01. The molecule has 0 saturated heterocycles. The Kier molecular flexibility index (Phi) is 4.84. The third-order valence-electron chi connectivity index (χ3n) is 2.35. The lowest BCUT2D eigenvalue weighted by molar-refractivity contribution is -0.140. The molecule has 0 bridgehead atoms. The normalized spacial score (nSPS) is 12.1. The van der Waals surface area contributed by atoms with Gasteiger partial charge in [0.15, 0.2) is 0 Å². The molecular formula is C12H17NO2. The highest BCUT2D eigenvalue weighted by atomic mass is 16.5. The Balaban J connectivity index is 2.31. The van der Waals surface area contributed by atoms with Crippen LogP contribution in [0.4, 0.5) is 0 Å². The standard InChI is InChI=1S/C12H17NO2/c1-15-12(14)9-5-8-11(13)10-6-3-2-4-7-10/h2-4,6-7,11H,5,8-9,13H2,1H3/t11-/m1/s1. The topological polar surface area (TPSA) is 52.3 Å². The second-order valence-corrected chi connectivity index (χ2v) is 3.49. The minimum atomic E-state index is -0.171. The summed E-state index contributed by atoms with van der Waals surface area (Å²) >= 11 is 0. The molecule has 1 rings (SSSR count). The Bertz CT molecular complexity index is 298. The van der Waals surface area contributed by atoms with E-state index in [9.17, 15) is 4.79 Å². The number of methoxy groups -OCH3 is 1. The second-order valence-electron chi connectivity index (χ2n) is 3.49. The summed E-state index contributed by atoms with van der Waals surface area (Å²) in [4.78, 5) is 10.9. The first-order valence-electron chi connectivity index (χ1n) is 5.11. The average molecular weight is 207 g/mol. The van der Waals surface area contributed by atoms with E-state index in [0.29, 0.717) is 6.42 Å². The summed E-state index contributed by atoms with van der Waals surface area (Å²) in [7, 11) is 1.40. The van der Waals surface area contributed by atoms with Gasteiger partial charge < -0.3 is 10.5 Å². The highest BCUT2D eigenvalue weighted by Crippen LogP contribution is 2.16. The number of carbonyl (C=O) groups is 1. The third kappa shape index (κ3) is 4.13. The van der Waals surface area contributed by atoms with Crippen molar-refractivity contribution in [1.29, 1.82) is 0 Å². The summed E-state index contributed by atoms with van der Waals surface area (Å²) in [5, 5.41) is 0. The Morgan fingerprint density at radius 3 is 2.67 bits per heavy atom. The molecule has 0 aromatic heterocycles. The van der Waals surface area contributed by atoms with Gasteiger partial charge in [-0.25, -0.2) is 0 Å². The minimum absolute atomic E-state index is 0.0101. The predicted octanol–water partition coefficient (Wildman–Crippen LogP) is 2.03. The van der Waals surface area contributed by atoms with Gasteiger partial charge in [-0.15, -0.1) is 0 Å². The number of esters is 1. The van der Waals surface area contributed by atoms with Gasteiger partial charge in [0, 0.05) is 12.5 Å². The Morgan fingerprint density at radius 1 is 1.40 bits per heavy atom. The second kappa shape index (κ2) is 6.19. The molecule has 0 aliphatic heterocycles. The van der Waals surface area contributed by atoms with Crippen LogP contribution in [0.1, 0.15) is 30.9 Å². The van der Waals surface area contributed by atoms with Gasteiger partial charge in [-0.3, -0.25) is 4.79 Å². The van der Waals surface area contributed by atoms with E-state index in [2.05, 4.69) is 4.74 Å². The molecule has 3 heteroatoms. The molecule has 15 heavy (non-hydrogen) atoms. The van der Waals surface area contributed by atoms with E-state index in [1.54, 1.807) is 0 Å². The van der Waals surface area contributed by atoms with Crippen molar-refractivity contribution in [2.45, 2.75) is 25.3 Å². The van der Waals surface area contributed by atoms with Crippen molar-refractivity contribution in [3.8, 4) is 0 Å². The third-order valence-corrected chi connectivity index (χ3v) is 2.35. The van der Waals surface area contributed by atoms with E-state index >= 15 is 0 Å². The van der Waals surface area contributed by atoms with Crippen molar-refractivity contribution in [2.24, 2.45) is 5.73 Å². The molecule has 0 aliphatic carbocycles. The van der Waals surface area contributed by atoms with Gasteiger partial charge in [0.2, 0.25) is 0 Å². The number of hydrogen-bond donors (Lipinski definition) is 1. The van der Waals surface area contributed by atoms with Crippen molar-refractivity contribution < 1.29 is 9.53 Å². The van der Waals surface area contributed by atoms with Crippen molar-refractivity contribution in [2.75, 3.05) is 7.11 Å². The maximum Gasteiger partial charge on any atom is 0.305 e. The molecule has 2 N–H and O–H groups in total. The highest BCUT2D eigenvalue weighted by Gasteiger charge is 2.06. The van der Waals surface area contributed by atoms with Crippen LogP contribution in [0.3, 0.4) is 0 Å². The zero-order valence-corrected chi connectivity index (χ0v) is 8.98. The lowest BCUT2D eigenvalue weighted by atomic mass is 10.0. The van der Waals surface area contributed by atoms with Crippen LogP contribution in [0.5, 0.6) is 0 Å². The van der Waals surface area contributed by atoms with E-state index in [4.69, 9.17) is 5.73 Å². The van der Waals surface area contributed by atoms with Gasteiger partial charge in [0.25, 0.3) is 0 Å². The van der Waals surface area contributed by atoms with E-state index in [1.807, 2.05) is 30.3 Å². The fourth-order valence-corrected chi connectivity index (χ4v) is 1.44. The molecule has 82 valence electrons. The SMILES string of the molecule is COC(=O)CCC[C@@H](N)c1ccccc1. The molecule has 0 radical (unpaired) electrons. The number of benzene rings is 1. The summed E-state index contributed by atoms with van der Waals surface area (Å²) in [5.41, 5.74) is 7.08.